The van der Waals surface area contributed by atoms with Crippen LogP contribution < -0.4 is 18.9 Å². The lowest BCUT2D eigenvalue weighted by molar-refractivity contribution is -0.153. The van der Waals surface area contributed by atoms with Crippen molar-refractivity contribution in [3.63, 3.8) is 0 Å². The number of carbonyl (C=O) groups excluding carboxylic acids is 3. The summed E-state index contributed by atoms with van der Waals surface area (Å²) in [7, 11) is 0. The van der Waals surface area contributed by atoms with Crippen molar-refractivity contribution in [1.29, 1.82) is 0 Å². The molecule has 5 rings (SSSR count). The molecule has 0 bridgehead atoms. The lowest BCUT2D eigenvalue weighted by atomic mass is 9.78. The molecule has 0 saturated carbocycles. The van der Waals surface area contributed by atoms with Crippen LogP contribution in [0.15, 0.2) is 127 Å². The van der Waals surface area contributed by atoms with E-state index in [2.05, 4.69) is 39.8 Å². The fourth-order valence-corrected chi connectivity index (χ4v) is 5.36. The Morgan fingerprint density at radius 2 is 0.824 bits per heavy atom. The highest BCUT2D eigenvalue weighted by Crippen LogP contribution is 2.34. The van der Waals surface area contributed by atoms with Crippen LogP contribution in [0.25, 0.3) is 0 Å². The molecule has 0 aliphatic heterocycles. The van der Waals surface area contributed by atoms with Crippen molar-refractivity contribution in [3.8, 4) is 23.0 Å². The van der Waals surface area contributed by atoms with Crippen molar-refractivity contribution in [2.75, 3.05) is 0 Å². The molecule has 9 heteroatoms. The van der Waals surface area contributed by atoms with E-state index in [1.54, 1.807) is 60.7 Å². The molecular weight excluding hydrogens is 648 g/mol. The van der Waals surface area contributed by atoms with Crippen LogP contribution >= 0.6 is 0 Å². The molecule has 51 heavy (non-hydrogen) atoms. The molecule has 0 radical (unpaired) electrons. The molecule has 5 aromatic rings. The zero-order valence-electron chi connectivity index (χ0n) is 29.1. The summed E-state index contributed by atoms with van der Waals surface area (Å²) in [6.45, 7) is 9.71. The molecule has 0 spiro atoms. The van der Waals surface area contributed by atoms with E-state index in [0.29, 0.717) is 22.8 Å². The number of ether oxygens (including phenoxy) is 5. The van der Waals surface area contributed by atoms with Crippen LogP contribution in [-0.4, -0.2) is 29.5 Å². The smallest absolute Gasteiger partial charge is 0.459 e. The van der Waals surface area contributed by atoms with Gasteiger partial charge in [-0.15, -0.1) is 0 Å². The van der Waals surface area contributed by atoms with Gasteiger partial charge in [0.2, 0.25) is 0 Å². The number of rotatable bonds is 11. The average Bonchev–Trinajstić information content (AvgIpc) is 3.12. The third kappa shape index (κ3) is 9.40. The zero-order valence-corrected chi connectivity index (χ0v) is 29.1. The van der Waals surface area contributed by atoms with Gasteiger partial charge in [-0.05, 0) is 83.3 Å². The number of benzene rings is 5. The molecule has 0 aliphatic carbocycles. The van der Waals surface area contributed by atoms with E-state index < -0.39 is 29.8 Å². The van der Waals surface area contributed by atoms with Gasteiger partial charge < -0.3 is 28.8 Å². The Hall–Kier alpha value is -5.93. The van der Waals surface area contributed by atoms with Crippen molar-refractivity contribution < 1.29 is 43.2 Å². The molecule has 0 heterocycles. The number of hydrogen-bond acceptors (Lipinski definition) is 9. The monoisotopic (exact) mass is 688 g/mol. The van der Waals surface area contributed by atoms with Crippen molar-refractivity contribution in [3.05, 3.63) is 155 Å². The first-order valence-corrected chi connectivity index (χ1v) is 16.4. The van der Waals surface area contributed by atoms with Crippen LogP contribution in [-0.2, 0) is 27.0 Å². The second-order valence-corrected chi connectivity index (χ2v) is 13.0. The van der Waals surface area contributed by atoms with Gasteiger partial charge in [0.25, 0.3) is 0 Å². The van der Waals surface area contributed by atoms with Gasteiger partial charge in [-0.2, -0.15) is 0 Å². The van der Waals surface area contributed by atoms with Gasteiger partial charge in [0, 0.05) is 10.8 Å². The van der Waals surface area contributed by atoms with Crippen LogP contribution in [0.4, 0.5) is 9.59 Å². The Kier molecular flexibility index (Phi) is 11.2. The molecule has 262 valence electrons. The normalized spacial score (nSPS) is 12.0. The van der Waals surface area contributed by atoms with Gasteiger partial charge in [-0.3, -0.25) is 0 Å². The third-order valence-electron chi connectivity index (χ3n) is 8.67. The first-order valence-electron chi connectivity index (χ1n) is 16.4. The molecule has 1 atom stereocenters. The molecule has 0 aromatic heterocycles. The van der Waals surface area contributed by atoms with Crippen molar-refractivity contribution >= 4 is 18.3 Å². The summed E-state index contributed by atoms with van der Waals surface area (Å²) >= 11 is 0. The third-order valence-corrected chi connectivity index (χ3v) is 8.67. The first kappa shape index (κ1) is 36.4. The maximum Gasteiger partial charge on any atom is 0.519 e. The minimum atomic E-state index is -1.21. The quantitative estimate of drug-likeness (QED) is 0.107. The Morgan fingerprint density at radius 3 is 1.16 bits per heavy atom. The van der Waals surface area contributed by atoms with Crippen molar-refractivity contribution in [2.24, 2.45) is 0 Å². The van der Waals surface area contributed by atoms with E-state index in [9.17, 15) is 19.5 Å². The van der Waals surface area contributed by atoms with E-state index in [4.69, 9.17) is 23.7 Å². The maximum absolute atomic E-state index is 12.6. The molecule has 0 aliphatic rings. The topological polar surface area (TPSA) is 118 Å². The van der Waals surface area contributed by atoms with Gasteiger partial charge >= 0.3 is 18.3 Å². The standard InChI is InChI=1S/C42H40O9/c1-28(43)38(44)47-27-29-11-19-34(20-12-29)48-39(45)49-36-23-15-32(16-24-36)42(4,5)33-17-25-37(26-18-33)51-40(46)50-35-21-13-31(14-22-35)41(2,3)30-9-7-6-8-10-30/h6-26,28,43H,27H2,1-5H3. The Morgan fingerprint density at radius 1 is 0.510 bits per heavy atom. The largest absolute Gasteiger partial charge is 0.519 e. The molecule has 0 amide bonds. The summed E-state index contributed by atoms with van der Waals surface area (Å²) in [6.07, 6.45) is -2.95. The van der Waals surface area contributed by atoms with Gasteiger partial charge in [0.05, 0.1) is 0 Å². The summed E-state index contributed by atoms with van der Waals surface area (Å²) in [6, 6.07) is 38.3. The molecular formula is C42H40O9. The van der Waals surface area contributed by atoms with E-state index in [-0.39, 0.29) is 17.8 Å². The Balaban J connectivity index is 1.11. The molecule has 0 fully saturated rings. The van der Waals surface area contributed by atoms with Gasteiger partial charge in [-0.1, -0.05) is 107 Å². The van der Waals surface area contributed by atoms with Gasteiger partial charge in [0.1, 0.15) is 35.7 Å². The fourth-order valence-electron chi connectivity index (χ4n) is 5.36. The predicted molar refractivity (Wildman–Crippen MR) is 191 cm³/mol. The molecule has 5 aromatic carbocycles. The van der Waals surface area contributed by atoms with Gasteiger partial charge in [0.15, 0.2) is 0 Å². The SMILES string of the molecule is CC(O)C(=O)OCc1ccc(OC(=O)Oc2ccc(C(C)(C)c3ccc(OC(=O)Oc4ccc(C(C)(C)c5ccccc5)cc4)cc3)cc2)cc1. The van der Waals surface area contributed by atoms with E-state index in [1.807, 2.05) is 54.6 Å². The summed E-state index contributed by atoms with van der Waals surface area (Å²) in [5, 5.41) is 9.22. The Bertz CT molecular complexity index is 1930. The lowest BCUT2D eigenvalue weighted by Crippen LogP contribution is -2.19. The average molecular weight is 689 g/mol. The summed E-state index contributed by atoms with van der Waals surface area (Å²) < 4.78 is 26.4. The second-order valence-electron chi connectivity index (χ2n) is 13.0. The van der Waals surface area contributed by atoms with Crippen LogP contribution in [0, 0.1) is 0 Å². The van der Waals surface area contributed by atoms with E-state index in [0.717, 1.165) is 16.7 Å². The van der Waals surface area contributed by atoms with Crippen LogP contribution in [0.1, 0.15) is 62.4 Å². The summed E-state index contributed by atoms with van der Waals surface area (Å²) in [5.74, 6) is 0.561. The van der Waals surface area contributed by atoms with Crippen LogP contribution in [0.2, 0.25) is 0 Å². The van der Waals surface area contributed by atoms with Crippen LogP contribution in [0.5, 0.6) is 23.0 Å². The number of aliphatic hydroxyl groups excluding tert-OH is 1. The Labute approximate surface area is 297 Å². The zero-order chi connectivity index (χ0) is 36.6. The second kappa shape index (κ2) is 15.7. The highest BCUT2D eigenvalue weighted by molar-refractivity contribution is 5.73. The van der Waals surface area contributed by atoms with Crippen molar-refractivity contribution in [2.45, 2.75) is 58.2 Å². The van der Waals surface area contributed by atoms with E-state index in [1.165, 1.54) is 12.5 Å². The number of aliphatic hydroxyl groups is 1. The first-order chi connectivity index (χ1) is 24.3. The minimum absolute atomic E-state index is 0.0194. The fraction of sp³-hybridized carbons (Fsp3) is 0.214. The summed E-state index contributed by atoms with van der Waals surface area (Å²) in [5.41, 5.74) is 4.23. The minimum Gasteiger partial charge on any atom is -0.459 e. The highest BCUT2D eigenvalue weighted by Gasteiger charge is 2.25. The van der Waals surface area contributed by atoms with Gasteiger partial charge in [-0.25, -0.2) is 14.4 Å². The van der Waals surface area contributed by atoms with Crippen LogP contribution in [0.3, 0.4) is 0 Å². The molecule has 0 saturated heterocycles. The molecule has 9 nitrogen and oxygen atoms in total. The van der Waals surface area contributed by atoms with E-state index >= 15 is 0 Å². The summed E-state index contributed by atoms with van der Waals surface area (Å²) in [4.78, 5) is 36.4. The maximum atomic E-state index is 12.6. The predicted octanol–water partition coefficient (Wildman–Crippen LogP) is 8.92. The number of esters is 1. The highest BCUT2D eigenvalue weighted by atomic mass is 16.7. The van der Waals surface area contributed by atoms with Crippen molar-refractivity contribution in [1.82, 2.24) is 0 Å². The number of carbonyl (C=O) groups is 3. The molecule has 1 N–H and O–H groups in total. The number of hydrogen-bond donors (Lipinski definition) is 1. The lowest BCUT2D eigenvalue weighted by Gasteiger charge is -2.26. The molecule has 1 unspecified atom stereocenters.